The van der Waals surface area contributed by atoms with Gasteiger partial charge in [-0.05, 0) is 26.0 Å². The van der Waals surface area contributed by atoms with Crippen molar-refractivity contribution in [2.24, 2.45) is 0 Å². The number of hydrogen-bond acceptors (Lipinski definition) is 6. The molecule has 1 heterocycles. The van der Waals surface area contributed by atoms with Crippen molar-refractivity contribution in [1.29, 1.82) is 0 Å². The predicted octanol–water partition coefficient (Wildman–Crippen LogP) is 1.65. The molecule has 0 spiro atoms. The fourth-order valence-electron chi connectivity index (χ4n) is 1.60. The van der Waals surface area contributed by atoms with Crippen LogP contribution in [0.1, 0.15) is 13.8 Å². The van der Waals surface area contributed by atoms with E-state index in [-0.39, 0.29) is 22.6 Å². The molecule has 1 aromatic carbocycles. The Balaban J connectivity index is 2.19. The van der Waals surface area contributed by atoms with E-state index in [4.69, 9.17) is 10.5 Å². The molecule has 8 heteroatoms. The van der Waals surface area contributed by atoms with Crippen molar-refractivity contribution in [3.8, 4) is 5.75 Å². The third-order valence-corrected chi connectivity index (χ3v) is 3.84. The Morgan fingerprint density at radius 3 is 2.38 bits per heavy atom. The molecule has 0 aliphatic carbocycles. The van der Waals surface area contributed by atoms with Crippen LogP contribution in [0.2, 0.25) is 0 Å². The summed E-state index contributed by atoms with van der Waals surface area (Å²) >= 11 is 0. The number of nitrogens with two attached hydrogens (primary N) is 1. The van der Waals surface area contributed by atoms with Gasteiger partial charge in [-0.15, -0.1) is 0 Å². The highest BCUT2D eigenvalue weighted by Crippen LogP contribution is 2.20. The van der Waals surface area contributed by atoms with E-state index in [1.165, 1.54) is 24.5 Å². The molecule has 2 aromatic rings. The molecule has 0 atom stereocenters. The Hall–Kier alpha value is -2.35. The zero-order chi connectivity index (χ0) is 15.5. The summed E-state index contributed by atoms with van der Waals surface area (Å²) in [5.41, 5.74) is 5.82. The van der Waals surface area contributed by atoms with E-state index in [9.17, 15) is 8.42 Å². The van der Waals surface area contributed by atoms with Gasteiger partial charge in [0.05, 0.1) is 24.2 Å². The van der Waals surface area contributed by atoms with E-state index in [2.05, 4.69) is 14.7 Å². The lowest BCUT2D eigenvalue weighted by Crippen LogP contribution is -2.16. The van der Waals surface area contributed by atoms with Gasteiger partial charge in [-0.2, -0.15) is 0 Å². The SMILES string of the molecule is CC(C)Oc1cnc(NS(=O)(=O)c2ccccc2N)nc1. The van der Waals surface area contributed by atoms with Crippen LogP contribution in [0, 0.1) is 0 Å². The average Bonchev–Trinajstić information content (AvgIpc) is 2.40. The molecule has 0 unspecified atom stereocenters. The number of nitrogen functional groups attached to an aromatic ring is 1. The first-order valence-corrected chi connectivity index (χ1v) is 7.73. The van der Waals surface area contributed by atoms with Gasteiger partial charge in [-0.1, -0.05) is 12.1 Å². The number of para-hydroxylation sites is 1. The molecule has 0 aliphatic rings. The van der Waals surface area contributed by atoms with Gasteiger partial charge in [0.15, 0.2) is 5.75 Å². The first-order chi connectivity index (χ1) is 9.88. The standard InChI is InChI=1S/C13H16N4O3S/c1-9(2)20-10-7-15-13(16-8-10)17-21(18,19)12-6-4-3-5-11(12)14/h3-9H,14H2,1-2H3,(H,15,16,17). The van der Waals surface area contributed by atoms with Crippen molar-refractivity contribution in [3.05, 3.63) is 36.7 Å². The Kier molecular flexibility index (Phi) is 4.27. The van der Waals surface area contributed by atoms with Gasteiger partial charge < -0.3 is 10.5 Å². The number of rotatable bonds is 5. The maximum absolute atomic E-state index is 12.2. The zero-order valence-corrected chi connectivity index (χ0v) is 12.5. The minimum atomic E-state index is -3.82. The van der Waals surface area contributed by atoms with Crippen LogP contribution in [-0.4, -0.2) is 24.5 Å². The lowest BCUT2D eigenvalue weighted by atomic mass is 10.3. The zero-order valence-electron chi connectivity index (χ0n) is 11.6. The second-order valence-electron chi connectivity index (χ2n) is 4.55. The Morgan fingerprint density at radius 1 is 1.19 bits per heavy atom. The van der Waals surface area contributed by atoms with Gasteiger partial charge in [-0.3, -0.25) is 0 Å². The second-order valence-corrected chi connectivity index (χ2v) is 6.20. The summed E-state index contributed by atoms with van der Waals surface area (Å²) in [6.45, 7) is 3.74. The first-order valence-electron chi connectivity index (χ1n) is 6.24. The molecule has 0 fully saturated rings. The van der Waals surface area contributed by atoms with Crippen LogP contribution in [0.5, 0.6) is 5.75 Å². The van der Waals surface area contributed by atoms with Gasteiger partial charge in [0.1, 0.15) is 4.90 Å². The van der Waals surface area contributed by atoms with Crippen molar-refractivity contribution >= 4 is 21.7 Å². The number of nitrogens with zero attached hydrogens (tertiary/aromatic N) is 2. The molecule has 0 amide bonds. The highest BCUT2D eigenvalue weighted by molar-refractivity contribution is 7.92. The van der Waals surface area contributed by atoms with Gasteiger partial charge >= 0.3 is 0 Å². The van der Waals surface area contributed by atoms with Crippen molar-refractivity contribution in [3.63, 3.8) is 0 Å². The minimum Gasteiger partial charge on any atom is -0.488 e. The quantitative estimate of drug-likeness (QED) is 0.813. The summed E-state index contributed by atoms with van der Waals surface area (Å²) in [5.74, 6) is 0.418. The number of nitrogens with one attached hydrogen (secondary N) is 1. The number of hydrogen-bond donors (Lipinski definition) is 2. The summed E-state index contributed by atoms with van der Waals surface area (Å²) in [5, 5.41) is 0. The number of benzene rings is 1. The van der Waals surface area contributed by atoms with Crippen molar-refractivity contribution in [1.82, 2.24) is 9.97 Å². The monoisotopic (exact) mass is 308 g/mol. The van der Waals surface area contributed by atoms with E-state index in [1.807, 2.05) is 13.8 Å². The van der Waals surface area contributed by atoms with Crippen LogP contribution in [0.4, 0.5) is 11.6 Å². The van der Waals surface area contributed by atoms with E-state index >= 15 is 0 Å². The van der Waals surface area contributed by atoms with Gasteiger partial charge in [-0.25, -0.2) is 23.1 Å². The highest BCUT2D eigenvalue weighted by atomic mass is 32.2. The Labute approximate surface area is 123 Å². The van der Waals surface area contributed by atoms with Crippen LogP contribution in [0.15, 0.2) is 41.6 Å². The predicted molar refractivity (Wildman–Crippen MR) is 79.5 cm³/mol. The van der Waals surface area contributed by atoms with Crippen molar-refractivity contribution in [2.45, 2.75) is 24.8 Å². The summed E-state index contributed by atoms with van der Waals surface area (Å²) in [6.07, 6.45) is 2.79. The molecular formula is C13H16N4O3S. The van der Waals surface area contributed by atoms with Crippen LogP contribution in [0.25, 0.3) is 0 Å². The van der Waals surface area contributed by atoms with Crippen LogP contribution >= 0.6 is 0 Å². The summed E-state index contributed by atoms with van der Waals surface area (Å²) in [6, 6.07) is 6.16. The van der Waals surface area contributed by atoms with Crippen LogP contribution < -0.4 is 15.2 Å². The third kappa shape index (κ3) is 3.82. The normalized spacial score (nSPS) is 11.4. The number of ether oxygens (including phenoxy) is 1. The molecule has 21 heavy (non-hydrogen) atoms. The average molecular weight is 308 g/mol. The maximum Gasteiger partial charge on any atom is 0.266 e. The van der Waals surface area contributed by atoms with Crippen LogP contribution in [0.3, 0.4) is 0 Å². The Morgan fingerprint density at radius 2 is 1.81 bits per heavy atom. The molecule has 0 bridgehead atoms. The van der Waals surface area contributed by atoms with Gasteiger partial charge in [0.25, 0.3) is 10.0 Å². The molecule has 2 rings (SSSR count). The van der Waals surface area contributed by atoms with E-state index < -0.39 is 10.0 Å². The molecular weight excluding hydrogens is 292 g/mol. The molecule has 0 saturated heterocycles. The number of aromatic nitrogens is 2. The molecule has 3 N–H and O–H groups in total. The molecule has 112 valence electrons. The molecule has 0 saturated carbocycles. The van der Waals surface area contributed by atoms with E-state index in [0.717, 1.165) is 0 Å². The number of anilines is 2. The topological polar surface area (TPSA) is 107 Å². The fourth-order valence-corrected chi connectivity index (χ4v) is 2.69. The minimum absolute atomic E-state index is 0.0136. The van der Waals surface area contributed by atoms with Crippen LogP contribution in [-0.2, 0) is 10.0 Å². The van der Waals surface area contributed by atoms with Crippen molar-refractivity contribution in [2.75, 3.05) is 10.5 Å². The Bertz CT molecular complexity index is 714. The smallest absolute Gasteiger partial charge is 0.266 e. The summed E-state index contributed by atoms with van der Waals surface area (Å²) in [7, 11) is -3.82. The third-order valence-electron chi connectivity index (χ3n) is 2.43. The molecule has 7 nitrogen and oxygen atoms in total. The van der Waals surface area contributed by atoms with E-state index in [0.29, 0.717) is 5.75 Å². The first kappa shape index (κ1) is 15.0. The lowest BCUT2D eigenvalue weighted by Gasteiger charge is -2.10. The lowest BCUT2D eigenvalue weighted by molar-refractivity contribution is 0.240. The van der Waals surface area contributed by atoms with Crippen molar-refractivity contribution < 1.29 is 13.2 Å². The molecule has 1 aromatic heterocycles. The highest BCUT2D eigenvalue weighted by Gasteiger charge is 2.18. The summed E-state index contributed by atoms with van der Waals surface area (Å²) < 4.78 is 32.0. The summed E-state index contributed by atoms with van der Waals surface area (Å²) in [4.78, 5) is 7.79. The maximum atomic E-state index is 12.2. The fraction of sp³-hybridized carbons (Fsp3) is 0.231. The van der Waals surface area contributed by atoms with Gasteiger partial charge in [0.2, 0.25) is 5.95 Å². The molecule has 0 radical (unpaired) electrons. The number of sulfonamides is 1. The van der Waals surface area contributed by atoms with Gasteiger partial charge in [0, 0.05) is 0 Å². The second kappa shape index (κ2) is 5.96. The molecule has 0 aliphatic heterocycles. The largest absolute Gasteiger partial charge is 0.488 e. The van der Waals surface area contributed by atoms with E-state index in [1.54, 1.807) is 12.1 Å².